The number of hydrogen-bond acceptors (Lipinski definition) is 2. The number of fused-ring (bicyclic) bond motifs is 1. The molecule has 1 amide bonds. The summed E-state index contributed by atoms with van der Waals surface area (Å²) in [6.45, 7) is 5.02. The van der Waals surface area contributed by atoms with Crippen LogP contribution in [0.15, 0.2) is 42.5 Å². The van der Waals surface area contributed by atoms with Crippen molar-refractivity contribution in [1.82, 2.24) is 0 Å². The molecule has 1 saturated heterocycles. The van der Waals surface area contributed by atoms with Crippen LogP contribution in [0, 0.1) is 5.82 Å². The predicted molar refractivity (Wildman–Crippen MR) is 99.6 cm³/mol. The summed E-state index contributed by atoms with van der Waals surface area (Å²) in [6.07, 6.45) is 0. The normalized spacial score (nSPS) is 22.2. The molecule has 2 heterocycles. The molecule has 4 rings (SSSR count). The first-order valence-electron chi connectivity index (χ1n) is 9.08. The molecule has 2 aromatic rings. The largest absolute Gasteiger partial charge is 0.322 e. The van der Waals surface area contributed by atoms with E-state index in [1.807, 2.05) is 18.2 Å². The lowest BCUT2D eigenvalue weighted by Crippen LogP contribution is -3.28. The number of piperazine rings is 1. The summed E-state index contributed by atoms with van der Waals surface area (Å²) in [6, 6.07) is 11.8. The third-order valence-corrected chi connectivity index (χ3v) is 5.56. The molecule has 0 aromatic heterocycles. The van der Waals surface area contributed by atoms with Crippen molar-refractivity contribution in [3.8, 4) is 0 Å². The highest BCUT2D eigenvalue weighted by Gasteiger charge is 2.39. The van der Waals surface area contributed by atoms with E-state index in [0.717, 1.165) is 37.7 Å². The number of nitrogens with one attached hydrogen (secondary N) is 2. The summed E-state index contributed by atoms with van der Waals surface area (Å²) >= 11 is 6.05. The third-order valence-electron chi connectivity index (χ3n) is 5.32. The Morgan fingerprint density at radius 3 is 2.48 bits per heavy atom. The number of ketones is 1. The van der Waals surface area contributed by atoms with Crippen molar-refractivity contribution < 1.29 is 23.8 Å². The Morgan fingerprint density at radius 1 is 1.00 bits per heavy atom. The van der Waals surface area contributed by atoms with Crippen LogP contribution in [0.2, 0.25) is 5.02 Å². The Morgan fingerprint density at radius 2 is 1.74 bits per heavy atom. The fourth-order valence-electron chi connectivity index (χ4n) is 3.88. The van der Waals surface area contributed by atoms with Crippen molar-refractivity contribution in [2.45, 2.75) is 6.54 Å². The number of carbonyl (C=O) groups excluding carboxylic acids is 2. The van der Waals surface area contributed by atoms with Gasteiger partial charge in [-0.05, 0) is 30.3 Å². The van der Waals surface area contributed by atoms with Gasteiger partial charge < -0.3 is 9.80 Å². The van der Waals surface area contributed by atoms with E-state index in [-0.39, 0.29) is 0 Å². The van der Waals surface area contributed by atoms with E-state index in [2.05, 4.69) is 6.07 Å². The van der Waals surface area contributed by atoms with Gasteiger partial charge in [-0.15, -0.1) is 0 Å². The van der Waals surface area contributed by atoms with Gasteiger partial charge in [-0.3, -0.25) is 14.5 Å². The number of halogens is 2. The van der Waals surface area contributed by atoms with Crippen LogP contribution in [-0.2, 0) is 11.3 Å². The lowest BCUT2D eigenvalue weighted by Gasteiger charge is -2.31. The van der Waals surface area contributed by atoms with Gasteiger partial charge in [-0.25, -0.2) is 4.39 Å². The highest BCUT2D eigenvalue weighted by atomic mass is 35.5. The third kappa shape index (κ3) is 3.74. The molecular weight excluding hydrogens is 369 g/mol. The minimum atomic E-state index is -0.559. The topological polar surface area (TPSA) is 46.3 Å². The lowest BCUT2D eigenvalue weighted by molar-refractivity contribution is -1.02. The molecule has 2 N–H and O–H groups in total. The van der Waals surface area contributed by atoms with E-state index in [4.69, 9.17) is 11.6 Å². The summed E-state index contributed by atoms with van der Waals surface area (Å²) in [5.41, 5.74) is 1.91. The lowest BCUT2D eigenvalue weighted by atomic mass is 10.1. The molecule has 5 nitrogen and oxygen atoms in total. The van der Waals surface area contributed by atoms with Gasteiger partial charge in [0, 0.05) is 10.6 Å². The maximum absolute atomic E-state index is 13.6. The van der Waals surface area contributed by atoms with Crippen LogP contribution in [0.1, 0.15) is 15.9 Å². The van der Waals surface area contributed by atoms with Crippen LogP contribution in [0.4, 0.5) is 10.1 Å². The highest BCUT2D eigenvalue weighted by molar-refractivity contribution is 6.52. The molecule has 140 valence electrons. The number of carbonyl (C=O) groups is 2. The predicted octanol–water partition coefficient (Wildman–Crippen LogP) is -0.0505. The van der Waals surface area contributed by atoms with E-state index in [9.17, 15) is 14.0 Å². The molecule has 2 aromatic carbocycles. The molecule has 7 heteroatoms. The molecule has 0 spiro atoms. The summed E-state index contributed by atoms with van der Waals surface area (Å²) in [5.74, 6) is -1.54. The van der Waals surface area contributed by atoms with Crippen LogP contribution in [0.5, 0.6) is 0 Å². The van der Waals surface area contributed by atoms with E-state index in [1.165, 1.54) is 38.5 Å². The maximum Gasteiger partial charge on any atom is 0.303 e. The average molecular weight is 390 g/mol. The number of quaternary nitrogens is 2. The second kappa shape index (κ2) is 7.38. The standard InChI is InChI=1S/C20H19ClFN3O2/c21-15-3-1-2-14(10-15)12-23-6-8-24(9-7-23)13-25-18-11-16(22)4-5-17(18)19(26)20(25)27/h1-5,10-11H,6-9,12-13H2/p+2. The number of amides is 1. The summed E-state index contributed by atoms with van der Waals surface area (Å²) in [7, 11) is 0. The van der Waals surface area contributed by atoms with Crippen molar-refractivity contribution in [2.75, 3.05) is 37.7 Å². The second-order valence-electron chi connectivity index (χ2n) is 7.19. The molecule has 0 saturated carbocycles. The van der Waals surface area contributed by atoms with E-state index < -0.39 is 17.5 Å². The zero-order valence-electron chi connectivity index (χ0n) is 14.8. The monoisotopic (exact) mass is 389 g/mol. The van der Waals surface area contributed by atoms with Crippen LogP contribution in [-0.4, -0.2) is 44.5 Å². The number of benzene rings is 2. The Kier molecular flexibility index (Phi) is 4.95. The van der Waals surface area contributed by atoms with Crippen LogP contribution < -0.4 is 14.7 Å². The number of Topliss-reactive ketones (excluding diaryl/α,β-unsaturated/α-hetero) is 1. The zero-order valence-corrected chi connectivity index (χ0v) is 15.6. The average Bonchev–Trinajstić information content (AvgIpc) is 2.88. The summed E-state index contributed by atoms with van der Waals surface area (Å²) in [4.78, 5) is 28.5. The van der Waals surface area contributed by atoms with Crippen molar-refractivity contribution in [1.29, 1.82) is 0 Å². The van der Waals surface area contributed by atoms with Crippen LogP contribution in [0.3, 0.4) is 0 Å². The molecule has 2 aliphatic heterocycles. The number of rotatable bonds is 4. The SMILES string of the molecule is O=C1C(=O)N(C[NH+]2CC[NH+](Cc3cccc(Cl)c3)CC2)c2cc(F)ccc21. The Hall–Kier alpha value is -2.28. The van der Waals surface area contributed by atoms with E-state index in [0.29, 0.717) is 17.9 Å². The number of nitrogens with zero attached hydrogens (tertiary/aromatic N) is 1. The molecular formula is C20H21ClFN3O2+2. The van der Waals surface area contributed by atoms with Crippen molar-refractivity contribution in [3.63, 3.8) is 0 Å². The summed E-state index contributed by atoms with van der Waals surface area (Å²) < 4.78 is 13.6. The van der Waals surface area contributed by atoms with Gasteiger partial charge in [0.25, 0.3) is 5.78 Å². The smallest absolute Gasteiger partial charge is 0.303 e. The highest BCUT2D eigenvalue weighted by Crippen LogP contribution is 2.28. The van der Waals surface area contributed by atoms with Gasteiger partial charge in [0.1, 0.15) is 38.5 Å². The first-order chi connectivity index (χ1) is 13.0. The Bertz CT molecular complexity index is 897. The van der Waals surface area contributed by atoms with Crippen molar-refractivity contribution >= 4 is 29.0 Å². The minimum absolute atomic E-state index is 0.297. The van der Waals surface area contributed by atoms with Gasteiger partial charge >= 0.3 is 5.91 Å². The van der Waals surface area contributed by atoms with Gasteiger partial charge in [-0.1, -0.05) is 23.7 Å². The molecule has 0 aliphatic carbocycles. The van der Waals surface area contributed by atoms with E-state index in [1.54, 1.807) is 0 Å². The van der Waals surface area contributed by atoms with Gasteiger partial charge in [-0.2, -0.15) is 0 Å². The first kappa shape index (κ1) is 18.1. The quantitative estimate of drug-likeness (QED) is 0.720. The maximum atomic E-state index is 13.6. The molecule has 1 fully saturated rings. The molecule has 0 bridgehead atoms. The summed E-state index contributed by atoms with van der Waals surface area (Å²) in [5, 5.41) is 0.749. The van der Waals surface area contributed by atoms with Crippen LogP contribution in [0.25, 0.3) is 0 Å². The van der Waals surface area contributed by atoms with Crippen molar-refractivity contribution in [2.24, 2.45) is 0 Å². The van der Waals surface area contributed by atoms with Crippen molar-refractivity contribution in [3.05, 3.63) is 64.4 Å². The Balaban J connectivity index is 1.38. The molecule has 0 atom stereocenters. The molecule has 0 unspecified atom stereocenters. The second-order valence-corrected chi connectivity index (χ2v) is 7.63. The molecule has 0 radical (unpaired) electrons. The minimum Gasteiger partial charge on any atom is -0.322 e. The first-order valence-corrected chi connectivity index (χ1v) is 9.46. The Labute approximate surface area is 161 Å². The van der Waals surface area contributed by atoms with Gasteiger partial charge in [0.15, 0.2) is 6.67 Å². The van der Waals surface area contributed by atoms with Gasteiger partial charge in [0.05, 0.1) is 11.3 Å². The number of hydrogen-bond donors (Lipinski definition) is 2. The fraction of sp³-hybridized carbons (Fsp3) is 0.300. The van der Waals surface area contributed by atoms with Gasteiger partial charge in [0.2, 0.25) is 0 Å². The molecule has 2 aliphatic rings. The van der Waals surface area contributed by atoms with Crippen LogP contribution >= 0.6 is 11.6 Å². The zero-order chi connectivity index (χ0) is 19.0. The molecule has 27 heavy (non-hydrogen) atoms. The fourth-order valence-corrected chi connectivity index (χ4v) is 4.09. The number of anilines is 1. The van der Waals surface area contributed by atoms with E-state index >= 15 is 0 Å².